The van der Waals surface area contributed by atoms with Gasteiger partial charge in [0.25, 0.3) is 0 Å². The third-order valence-electron chi connectivity index (χ3n) is 2.27. The number of ketones is 1. The highest BCUT2D eigenvalue weighted by Gasteiger charge is 2.14. The number of aromatic nitrogens is 3. The van der Waals surface area contributed by atoms with E-state index in [2.05, 4.69) is 9.97 Å². The fourth-order valence-corrected chi connectivity index (χ4v) is 1.47. The molecule has 0 spiro atoms. The molecular weight excluding hydrogens is 206 g/mol. The first-order valence-electron chi connectivity index (χ1n) is 4.97. The van der Waals surface area contributed by atoms with Crippen LogP contribution in [0.25, 0.3) is 0 Å². The first kappa shape index (κ1) is 10.4. The van der Waals surface area contributed by atoms with E-state index in [0.717, 1.165) is 0 Å². The number of carbonyl (C=O) groups is 1. The number of rotatable bonds is 3. The van der Waals surface area contributed by atoms with Gasteiger partial charge in [0.15, 0.2) is 5.82 Å². The lowest BCUT2D eigenvalue weighted by molar-refractivity contribution is 0.102. The highest BCUT2D eigenvalue weighted by Crippen LogP contribution is 2.04. The summed E-state index contributed by atoms with van der Waals surface area (Å²) in [5, 5.41) is 0. The van der Waals surface area contributed by atoms with Crippen molar-refractivity contribution in [1.82, 2.24) is 14.5 Å². The van der Waals surface area contributed by atoms with Crippen molar-refractivity contribution in [3.05, 3.63) is 52.5 Å². The minimum Gasteiger partial charge on any atom is -0.328 e. The number of nitrogens with one attached hydrogen (secondary N) is 1. The summed E-state index contributed by atoms with van der Waals surface area (Å²) in [5.41, 5.74) is -0.0335. The zero-order valence-electron chi connectivity index (χ0n) is 8.80. The van der Waals surface area contributed by atoms with Gasteiger partial charge in [-0.05, 0) is 13.0 Å². The Morgan fingerprint density at radius 3 is 3.00 bits per heavy atom. The van der Waals surface area contributed by atoms with Gasteiger partial charge >= 0.3 is 0 Å². The van der Waals surface area contributed by atoms with Crippen LogP contribution in [0, 0.1) is 0 Å². The highest BCUT2D eigenvalue weighted by atomic mass is 16.1. The fraction of sp³-hybridized carbons (Fsp3) is 0.182. The molecule has 0 aliphatic rings. The van der Waals surface area contributed by atoms with Crippen LogP contribution in [-0.4, -0.2) is 20.3 Å². The normalized spacial score (nSPS) is 10.3. The van der Waals surface area contributed by atoms with E-state index in [4.69, 9.17) is 0 Å². The SMILES string of the molecule is CCn1ccnc1C(=O)c1cccc(=O)[nH]1. The number of aryl methyl sites for hydroxylation is 1. The molecule has 0 atom stereocenters. The van der Waals surface area contributed by atoms with Crippen molar-refractivity contribution in [2.75, 3.05) is 0 Å². The van der Waals surface area contributed by atoms with Crippen molar-refractivity contribution < 1.29 is 4.79 Å². The van der Waals surface area contributed by atoms with Crippen molar-refractivity contribution >= 4 is 5.78 Å². The van der Waals surface area contributed by atoms with E-state index in [1.807, 2.05) is 6.92 Å². The molecule has 2 aromatic rings. The molecule has 0 radical (unpaired) electrons. The Kier molecular flexibility index (Phi) is 2.68. The van der Waals surface area contributed by atoms with Crippen molar-refractivity contribution in [2.45, 2.75) is 13.5 Å². The van der Waals surface area contributed by atoms with E-state index < -0.39 is 0 Å². The zero-order valence-corrected chi connectivity index (χ0v) is 8.80. The van der Waals surface area contributed by atoms with Gasteiger partial charge in [0, 0.05) is 25.0 Å². The molecule has 0 aliphatic carbocycles. The van der Waals surface area contributed by atoms with E-state index >= 15 is 0 Å². The Hall–Kier alpha value is -2.17. The molecule has 5 nitrogen and oxygen atoms in total. The largest absolute Gasteiger partial charge is 0.328 e. The topological polar surface area (TPSA) is 67.8 Å². The van der Waals surface area contributed by atoms with Crippen molar-refractivity contribution in [1.29, 1.82) is 0 Å². The zero-order chi connectivity index (χ0) is 11.5. The first-order valence-corrected chi connectivity index (χ1v) is 4.97. The van der Waals surface area contributed by atoms with Gasteiger partial charge in [0.2, 0.25) is 11.3 Å². The van der Waals surface area contributed by atoms with Crippen molar-refractivity contribution in [3.63, 3.8) is 0 Å². The summed E-state index contributed by atoms with van der Waals surface area (Å²) in [6.45, 7) is 2.59. The Bertz CT molecular complexity index is 568. The fourth-order valence-electron chi connectivity index (χ4n) is 1.47. The van der Waals surface area contributed by atoms with E-state index in [0.29, 0.717) is 12.4 Å². The second-order valence-corrected chi connectivity index (χ2v) is 3.29. The summed E-state index contributed by atoms with van der Waals surface area (Å²) in [7, 11) is 0. The van der Waals surface area contributed by atoms with E-state index in [1.54, 1.807) is 29.1 Å². The summed E-state index contributed by atoms with van der Waals surface area (Å²) < 4.78 is 1.73. The minimum atomic E-state index is -0.291. The molecule has 82 valence electrons. The van der Waals surface area contributed by atoms with Crippen LogP contribution in [0.5, 0.6) is 0 Å². The minimum absolute atomic E-state index is 0.258. The van der Waals surface area contributed by atoms with Gasteiger partial charge in [-0.1, -0.05) is 6.07 Å². The van der Waals surface area contributed by atoms with Crippen LogP contribution in [0.2, 0.25) is 0 Å². The third kappa shape index (κ3) is 1.79. The predicted octanol–water partition coefficient (Wildman–Crippen LogP) is 0.822. The number of imidazole rings is 1. The van der Waals surface area contributed by atoms with Gasteiger partial charge in [-0.15, -0.1) is 0 Å². The number of carbonyl (C=O) groups excluding carboxylic acids is 1. The molecule has 0 bridgehead atoms. The smallest absolute Gasteiger partial charge is 0.248 e. The molecule has 2 heterocycles. The summed E-state index contributed by atoms with van der Waals surface area (Å²) in [6, 6.07) is 4.48. The molecule has 1 N–H and O–H groups in total. The number of pyridine rings is 1. The molecule has 0 aliphatic heterocycles. The van der Waals surface area contributed by atoms with Crippen LogP contribution in [0.15, 0.2) is 35.4 Å². The predicted molar refractivity (Wildman–Crippen MR) is 58.4 cm³/mol. The maximum Gasteiger partial charge on any atom is 0.248 e. The van der Waals surface area contributed by atoms with E-state index in [1.165, 1.54) is 6.07 Å². The maximum absolute atomic E-state index is 12.0. The van der Waals surface area contributed by atoms with Crippen LogP contribution in [0.1, 0.15) is 23.2 Å². The average molecular weight is 217 g/mol. The molecule has 0 fully saturated rings. The number of aromatic amines is 1. The summed E-state index contributed by atoms with van der Waals surface area (Å²) in [5.74, 6) is 0.0638. The van der Waals surface area contributed by atoms with Gasteiger partial charge in [-0.3, -0.25) is 9.59 Å². The molecule has 0 saturated carbocycles. The number of nitrogens with zero attached hydrogens (tertiary/aromatic N) is 2. The van der Waals surface area contributed by atoms with Crippen LogP contribution in [0.4, 0.5) is 0 Å². The molecule has 5 heteroatoms. The molecule has 0 aromatic carbocycles. The lowest BCUT2D eigenvalue weighted by Crippen LogP contribution is -2.16. The van der Waals surface area contributed by atoms with Crippen LogP contribution in [0.3, 0.4) is 0 Å². The Labute approximate surface area is 91.8 Å². The van der Waals surface area contributed by atoms with Gasteiger partial charge < -0.3 is 9.55 Å². The average Bonchev–Trinajstić information content (AvgIpc) is 2.76. The number of hydrogen-bond donors (Lipinski definition) is 1. The second-order valence-electron chi connectivity index (χ2n) is 3.29. The molecule has 16 heavy (non-hydrogen) atoms. The standard InChI is InChI=1S/C11H11N3O2/c1-2-14-7-6-12-11(14)10(16)8-4-3-5-9(15)13-8/h3-7H,2H2,1H3,(H,13,15). The van der Waals surface area contributed by atoms with Crippen LogP contribution >= 0.6 is 0 Å². The third-order valence-corrected chi connectivity index (χ3v) is 2.27. The molecular formula is C11H11N3O2. The Morgan fingerprint density at radius 1 is 1.50 bits per heavy atom. The van der Waals surface area contributed by atoms with Gasteiger partial charge in [0.1, 0.15) is 0 Å². The maximum atomic E-state index is 12.0. The highest BCUT2D eigenvalue weighted by molar-refractivity contribution is 6.05. The molecule has 0 unspecified atom stereocenters. The van der Waals surface area contributed by atoms with Crippen molar-refractivity contribution in [3.8, 4) is 0 Å². The number of H-pyrrole nitrogens is 1. The summed E-state index contributed by atoms with van der Waals surface area (Å²) in [4.78, 5) is 29.5. The van der Waals surface area contributed by atoms with Gasteiger partial charge in [0.05, 0.1) is 5.69 Å². The summed E-state index contributed by atoms with van der Waals surface area (Å²) >= 11 is 0. The van der Waals surface area contributed by atoms with Gasteiger partial charge in [-0.25, -0.2) is 4.98 Å². The molecule has 2 rings (SSSR count). The molecule has 0 saturated heterocycles. The summed E-state index contributed by atoms with van der Waals surface area (Å²) in [6.07, 6.45) is 3.30. The van der Waals surface area contributed by atoms with Crippen LogP contribution in [-0.2, 0) is 6.54 Å². The van der Waals surface area contributed by atoms with Crippen LogP contribution < -0.4 is 5.56 Å². The second kappa shape index (κ2) is 4.14. The van der Waals surface area contributed by atoms with E-state index in [9.17, 15) is 9.59 Å². The quantitative estimate of drug-likeness (QED) is 0.774. The Balaban J connectivity index is 2.43. The lowest BCUT2D eigenvalue weighted by atomic mass is 10.2. The monoisotopic (exact) mass is 217 g/mol. The number of hydrogen-bond acceptors (Lipinski definition) is 3. The van der Waals surface area contributed by atoms with Crippen molar-refractivity contribution in [2.24, 2.45) is 0 Å². The Morgan fingerprint density at radius 2 is 2.31 bits per heavy atom. The molecule has 0 amide bonds. The van der Waals surface area contributed by atoms with Gasteiger partial charge in [-0.2, -0.15) is 0 Å². The molecule has 2 aromatic heterocycles. The van der Waals surface area contributed by atoms with E-state index in [-0.39, 0.29) is 17.0 Å². The lowest BCUT2D eigenvalue weighted by Gasteiger charge is -2.03. The first-order chi connectivity index (χ1) is 7.72.